The van der Waals surface area contributed by atoms with Crippen molar-refractivity contribution in [3.05, 3.63) is 83.9 Å². The molecule has 0 aliphatic heterocycles. The van der Waals surface area contributed by atoms with Gasteiger partial charge in [0, 0.05) is 11.8 Å². The molecule has 1 atom stereocenters. The first kappa shape index (κ1) is 18.3. The minimum Gasteiger partial charge on any atom is -0.481 e. The normalized spacial score (nSPS) is 12.1. The Hall–Kier alpha value is -3.48. The molecule has 6 nitrogen and oxygen atoms in total. The van der Waals surface area contributed by atoms with E-state index in [-0.39, 0.29) is 5.82 Å². The van der Waals surface area contributed by atoms with Crippen LogP contribution < -0.4 is 10.2 Å². The predicted molar refractivity (Wildman–Crippen MR) is 100.0 cm³/mol. The van der Waals surface area contributed by atoms with E-state index >= 15 is 0 Å². The number of hydrogen-bond acceptors (Lipinski definition) is 4. The number of nitrogens with zero attached hydrogens (tertiary/aromatic N) is 3. The summed E-state index contributed by atoms with van der Waals surface area (Å²) in [5.41, 5.74) is 4.32. The Morgan fingerprint density at radius 3 is 2.74 bits per heavy atom. The van der Waals surface area contributed by atoms with Gasteiger partial charge in [0.25, 0.3) is 5.91 Å². The Bertz CT molecular complexity index is 907. The standard InChI is InChI=1S/C20H19FN4O2/c1-15(27-19-9-7-18(21)8-10-19)20(26)24-22-11-17-12-23-25(14-17)13-16-5-3-2-4-6-16/h2-12,14-15H,13H2,1H3,(H,24,26)/b22-11-/t15-/m1/s1. The fourth-order valence-corrected chi connectivity index (χ4v) is 2.34. The number of rotatable bonds is 7. The zero-order valence-corrected chi connectivity index (χ0v) is 14.7. The molecule has 0 saturated heterocycles. The zero-order chi connectivity index (χ0) is 19.1. The molecule has 0 radical (unpaired) electrons. The highest BCUT2D eigenvalue weighted by Gasteiger charge is 2.13. The van der Waals surface area contributed by atoms with Crippen molar-refractivity contribution in [1.29, 1.82) is 0 Å². The van der Waals surface area contributed by atoms with Gasteiger partial charge in [-0.05, 0) is 36.8 Å². The number of hydrazone groups is 1. The maximum absolute atomic E-state index is 12.9. The molecule has 1 amide bonds. The molecule has 0 aliphatic carbocycles. The summed E-state index contributed by atoms with van der Waals surface area (Å²) in [4.78, 5) is 12.0. The fourth-order valence-electron chi connectivity index (χ4n) is 2.34. The van der Waals surface area contributed by atoms with Gasteiger partial charge in [-0.2, -0.15) is 10.2 Å². The van der Waals surface area contributed by atoms with Crippen LogP contribution in [0.2, 0.25) is 0 Å². The minimum atomic E-state index is -0.770. The maximum Gasteiger partial charge on any atom is 0.280 e. The Morgan fingerprint density at radius 1 is 1.26 bits per heavy atom. The van der Waals surface area contributed by atoms with Crippen LogP contribution in [-0.4, -0.2) is 28.0 Å². The van der Waals surface area contributed by atoms with E-state index in [1.54, 1.807) is 17.8 Å². The molecular formula is C20H19FN4O2. The summed E-state index contributed by atoms with van der Waals surface area (Å²) < 4.78 is 20.1. The average Bonchev–Trinajstić information content (AvgIpc) is 3.11. The van der Waals surface area contributed by atoms with Crippen LogP contribution in [0.5, 0.6) is 5.75 Å². The first-order valence-electron chi connectivity index (χ1n) is 8.42. The quantitative estimate of drug-likeness (QED) is 0.516. The third-order valence-corrected chi connectivity index (χ3v) is 3.72. The van der Waals surface area contributed by atoms with Crippen LogP contribution in [0.15, 0.2) is 72.1 Å². The second-order valence-corrected chi connectivity index (χ2v) is 5.91. The van der Waals surface area contributed by atoms with E-state index in [2.05, 4.69) is 15.6 Å². The lowest BCUT2D eigenvalue weighted by Crippen LogP contribution is -2.33. The van der Waals surface area contributed by atoms with Crippen molar-refractivity contribution >= 4 is 12.1 Å². The SMILES string of the molecule is C[C@@H](Oc1ccc(F)cc1)C(=O)N/N=C\c1cnn(Cc2ccccc2)c1. The van der Waals surface area contributed by atoms with Crippen LogP contribution in [0, 0.1) is 5.82 Å². The molecule has 1 aromatic heterocycles. The number of aromatic nitrogens is 2. The Kier molecular flexibility index (Phi) is 5.94. The minimum absolute atomic E-state index is 0.364. The van der Waals surface area contributed by atoms with E-state index in [1.807, 2.05) is 36.5 Å². The number of carbonyl (C=O) groups is 1. The summed E-state index contributed by atoms with van der Waals surface area (Å²) in [5.74, 6) is -0.366. The molecule has 27 heavy (non-hydrogen) atoms. The third-order valence-electron chi connectivity index (χ3n) is 3.72. The molecular weight excluding hydrogens is 347 g/mol. The number of nitrogens with one attached hydrogen (secondary N) is 1. The highest BCUT2D eigenvalue weighted by atomic mass is 19.1. The number of amides is 1. The van der Waals surface area contributed by atoms with Crippen molar-refractivity contribution in [2.75, 3.05) is 0 Å². The molecule has 0 unspecified atom stereocenters. The van der Waals surface area contributed by atoms with E-state index in [9.17, 15) is 9.18 Å². The van der Waals surface area contributed by atoms with Crippen molar-refractivity contribution in [3.63, 3.8) is 0 Å². The van der Waals surface area contributed by atoms with Gasteiger partial charge in [-0.1, -0.05) is 30.3 Å². The lowest BCUT2D eigenvalue weighted by Gasteiger charge is -2.12. The van der Waals surface area contributed by atoms with Crippen molar-refractivity contribution in [3.8, 4) is 5.75 Å². The largest absolute Gasteiger partial charge is 0.481 e. The Balaban J connectivity index is 1.49. The second-order valence-electron chi connectivity index (χ2n) is 5.91. The summed E-state index contributed by atoms with van der Waals surface area (Å²) >= 11 is 0. The first-order valence-corrected chi connectivity index (χ1v) is 8.42. The van der Waals surface area contributed by atoms with Crippen molar-refractivity contribution in [2.24, 2.45) is 5.10 Å². The van der Waals surface area contributed by atoms with E-state index in [4.69, 9.17) is 4.74 Å². The summed E-state index contributed by atoms with van der Waals surface area (Å²) in [6.45, 7) is 2.25. The summed E-state index contributed by atoms with van der Waals surface area (Å²) in [7, 11) is 0. The monoisotopic (exact) mass is 366 g/mol. The van der Waals surface area contributed by atoms with E-state index in [0.717, 1.165) is 11.1 Å². The molecule has 3 rings (SSSR count). The van der Waals surface area contributed by atoms with Gasteiger partial charge >= 0.3 is 0 Å². The van der Waals surface area contributed by atoms with Gasteiger partial charge in [0.05, 0.1) is 19.0 Å². The zero-order valence-electron chi connectivity index (χ0n) is 14.7. The van der Waals surface area contributed by atoms with Crippen molar-refractivity contribution in [1.82, 2.24) is 15.2 Å². The molecule has 2 aromatic carbocycles. The molecule has 7 heteroatoms. The molecule has 1 heterocycles. The topological polar surface area (TPSA) is 68.5 Å². The summed E-state index contributed by atoms with van der Waals surface area (Å²) in [6, 6.07) is 15.4. The van der Waals surface area contributed by atoms with Crippen molar-refractivity contribution < 1.29 is 13.9 Å². The fraction of sp³-hybridized carbons (Fsp3) is 0.150. The number of hydrogen-bond donors (Lipinski definition) is 1. The molecule has 0 bridgehead atoms. The van der Waals surface area contributed by atoms with Gasteiger partial charge in [-0.3, -0.25) is 9.48 Å². The van der Waals surface area contributed by atoms with Gasteiger partial charge in [0.15, 0.2) is 6.10 Å². The molecule has 1 N–H and O–H groups in total. The van der Waals surface area contributed by atoms with E-state index in [0.29, 0.717) is 12.3 Å². The van der Waals surface area contributed by atoms with Gasteiger partial charge in [0.1, 0.15) is 11.6 Å². The Labute approximate surface area is 156 Å². The number of ether oxygens (including phenoxy) is 1. The lowest BCUT2D eigenvalue weighted by molar-refractivity contribution is -0.127. The van der Waals surface area contributed by atoms with Crippen LogP contribution in [0.1, 0.15) is 18.1 Å². The molecule has 0 fully saturated rings. The lowest BCUT2D eigenvalue weighted by atomic mass is 10.2. The van der Waals surface area contributed by atoms with E-state index in [1.165, 1.54) is 30.5 Å². The van der Waals surface area contributed by atoms with Gasteiger partial charge in [-0.25, -0.2) is 9.82 Å². The molecule has 0 spiro atoms. The molecule has 138 valence electrons. The van der Waals surface area contributed by atoms with Crippen molar-refractivity contribution in [2.45, 2.75) is 19.6 Å². The average molecular weight is 366 g/mol. The van der Waals surface area contributed by atoms with Crippen LogP contribution in [0.4, 0.5) is 4.39 Å². The predicted octanol–water partition coefficient (Wildman–Crippen LogP) is 2.99. The van der Waals surface area contributed by atoms with Crippen LogP contribution in [-0.2, 0) is 11.3 Å². The van der Waals surface area contributed by atoms with Gasteiger partial charge in [-0.15, -0.1) is 0 Å². The van der Waals surface area contributed by atoms with Crippen LogP contribution in [0.3, 0.4) is 0 Å². The number of benzene rings is 2. The van der Waals surface area contributed by atoms with E-state index < -0.39 is 12.0 Å². The smallest absolute Gasteiger partial charge is 0.280 e. The van der Waals surface area contributed by atoms with Gasteiger partial charge < -0.3 is 4.74 Å². The maximum atomic E-state index is 12.9. The number of halogens is 1. The third kappa shape index (κ3) is 5.50. The highest BCUT2D eigenvalue weighted by Crippen LogP contribution is 2.13. The Morgan fingerprint density at radius 2 is 2.00 bits per heavy atom. The molecule has 3 aromatic rings. The molecule has 0 saturated carbocycles. The number of carbonyl (C=O) groups excluding carboxylic acids is 1. The molecule has 0 aliphatic rings. The van der Waals surface area contributed by atoms with Gasteiger partial charge in [0.2, 0.25) is 0 Å². The second kappa shape index (κ2) is 8.75. The highest BCUT2D eigenvalue weighted by molar-refractivity contribution is 5.84. The van der Waals surface area contributed by atoms with Crippen LogP contribution in [0.25, 0.3) is 0 Å². The van der Waals surface area contributed by atoms with Crippen LogP contribution >= 0.6 is 0 Å². The summed E-state index contributed by atoms with van der Waals surface area (Å²) in [5, 5.41) is 8.19. The first-order chi connectivity index (χ1) is 13.1. The summed E-state index contributed by atoms with van der Waals surface area (Å²) in [6.07, 6.45) is 4.24.